The van der Waals surface area contributed by atoms with Crippen LogP contribution in [0.2, 0.25) is 0 Å². The molecule has 1 unspecified atom stereocenters. The van der Waals surface area contributed by atoms with Crippen LogP contribution in [0.3, 0.4) is 0 Å². The monoisotopic (exact) mass is 257 g/mol. The lowest BCUT2D eigenvalue weighted by molar-refractivity contribution is 0.0615. The second-order valence-electron chi connectivity index (χ2n) is 4.06. The lowest BCUT2D eigenvalue weighted by Gasteiger charge is -2.11. The number of nitrogens with zero attached hydrogens (tertiary/aromatic N) is 2. The molecule has 0 spiro atoms. The second kappa shape index (κ2) is 6.36. The SMILES string of the molecule is COCC(O)CCNc1c(C(=O)O)c(C)nn1C. The van der Waals surface area contributed by atoms with E-state index in [0.29, 0.717) is 24.5 Å². The molecule has 0 saturated carbocycles. The zero-order valence-electron chi connectivity index (χ0n) is 10.8. The van der Waals surface area contributed by atoms with E-state index in [1.54, 1.807) is 14.0 Å². The third-order valence-electron chi connectivity index (χ3n) is 2.57. The Kier molecular flexibility index (Phi) is 5.11. The smallest absolute Gasteiger partial charge is 0.341 e. The van der Waals surface area contributed by atoms with Crippen LogP contribution in [0.25, 0.3) is 0 Å². The third kappa shape index (κ3) is 3.44. The van der Waals surface area contributed by atoms with Crippen LogP contribution in [-0.4, -0.2) is 52.3 Å². The molecule has 1 aromatic heterocycles. The number of carbonyl (C=O) groups is 1. The van der Waals surface area contributed by atoms with Crippen LogP contribution in [0.5, 0.6) is 0 Å². The number of rotatable bonds is 7. The van der Waals surface area contributed by atoms with Crippen molar-refractivity contribution in [3.8, 4) is 0 Å². The first-order valence-electron chi connectivity index (χ1n) is 5.65. The van der Waals surface area contributed by atoms with Crippen molar-refractivity contribution in [1.82, 2.24) is 9.78 Å². The second-order valence-corrected chi connectivity index (χ2v) is 4.06. The number of nitrogens with one attached hydrogen (secondary N) is 1. The van der Waals surface area contributed by atoms with Crippen LogP contribution >= 0.6 is 0 Å². The Labute approximate surface area is 105 Å². The van der Waals surface area contributed by atoms with Crippen molar-refractivity contribution in [2.75, 3.05) is 25.6 Å². The third-order valence-corrected chi connectivity index (χ3v) is 2.57. The van der Waals surface area contributed by atoms with Crippen molar-refractivity contribution in [2.45, 2.75) is 19.4 Å². The first kappa shape index (κ1) is 14.5. The molecule has 0 amide bonds. The standard InChI is InChI=1S/C11H19N3O4/c1-7-9(11(16)17)10(14(2)13-7)12-5-4-8(15)6-18-3/h8,12,15H,4-6H2,1-3H3,(H,16,17). The minimum Gasteiger partial charge on any atom is -0.477 e. The topological polar surface area (TPSA) is 96.6 Å². The highest BCUT2D eigenvalue weighted by Crippen LogP contribution is 2.18. The number of carboxylic acids is 1. The predicted octanol–water partition coefficient (Wildman–Crippen LogP) is 0.236. The summed E-state index contributed by atoms with van der Waals surface area (Å²) in [4.78, 5) is 11.1. The maximum atomic E-state index is 11.1. The van der Waals surface area contributed by atoms with Crippen LogP contribution in [0, 0.1) is 6.92 Å². The molecule has 0 bridgehead atoms. The highest BCUT2D eigenvalue weighted by molar-refractivity contribution is 5.94. The largest absolute Gasteiger partial charge is 0.477 e. The molecule has 1 atom stereocenters. The molecule has 0 aliphatic rings. The van der Waals surface area contributed by atoms with Crippen LogP contribution in [-0.2, 0) is 11.8 Å². The van der Waals surface area contributed by atoms with Crippen LogP contribution < -0.4 is 5.32 Å². The van der Waals surface area contributed by atoms with E-state index in [-0.39, 0.29) is 12.2 Å². The number of aromatic nitrogens is 2. The molecule has 7 heteroatoms. The van der Waals surface area contributed by atoms with Gasteiger partial charge >= 0.3 is 5.97 Å². The molecule has 0 radical (unpaired) electrons. The highest BCUT2D eigenvalue weighted by atomic mass is 16.5. The van der Waals surface area contributed by atoms with E-state index in [1.165, 1.54) is 11.8 Å². The quantitative estimate of drug-likeness (QED) is 0.647. The summed E-state index contributed by atoms with van der Waals surface area (Å²) in [6, 6.07) is 0. The molecule has 0 saturated heterocycles. The Morgan fingerprint density at radius 3 is 2.83 bits per heavy atom. The normalized spacial score (nSPS) is 12.4. The Morgan fingerprint density at radius 2 is 2.28 bits per heavy atom. The summed E-state index contributed by atoms with van der Waals surface area (Å²) in [7, 11) is 3.19. The van der Waals surface area contributed by atoms with Gasteiger partial charge in [-0.05, 0) is 13.3 Å². The predicted molar refractivity (Wildman–Crippen MR) is 65.9 cm³/mol. The number of anilines is 1. The van der Waals surface area contributed by atoms with E-state index in [9.17, 15) is 9.90 Å². The molecule has 102 valence electrons. The zero-order valence-corrected chi connectivity index (χ0v) is 10.8. The maximum absolute atomic E-state index is 11.1. The molecule has 1 aromatic rings. The fourth-order valence-corrected chi connectivity index (χ4v) is 1.75. The first-order chi connectivity index (χ1) is 8.47. The van der Waals surface area contributed by atoms with E-state index < -0.39 is 12.1 Å². The molecule has 1 rings (SSSR count). The van der Waals surface area contributed by atoms with Crippen molar-refractivity contribution < 1.29 is 19.7 Å². The van der Waals surface area contributed by atoms with Gasteiger partial charge < -0.3 is 20.3 Å². The average molecular weight is 257 g/mol. The number of hydrogen-bond donors (Lipinski definition) is 3. The van der Waals surface area contributed by atoms with Gasteiger partial charge in [-0.1, -0.05) is 0 Å². The first-order valence-corrected chi connectivity index (χ1v) is 5.65. The van der Waals surface area contributed by atoms with Gasteiger partial charge in [-0.25, -0.2) is 4.79 Å². The number of aliphatic hydroxyl groups excluding tert-OH is 1. The number of hydrogen-bond acceptors (Lipinski definition) is 5. The number of aromatic carboxylic acids is 1. The molecule has 3 N–H and O–H groups in total. The van der Waals surface area contributed by atoms with Gasteiger partial charge in [0.05, 0.1) is 18.4 Å². The fraction of sp³-hybridized carbons (Fsp3) is 0.636. The van der Waals surface area contributed by atoms with Crippen molar-refractivity contribution in [3.05, 3.63) is 11.3 Å². The maximum Gasteiger partial charge on any atom is 0.341 e. The summed E-state index contributed by atoms with van der Waals surface area (Å²) in [6.07, 6.45) is -0.0953. The van der Waals surface area contributed by atoms with Crippen molar-refractivity contribution >= 4 is 11.8 Å². The zero-order chi connectivity index (χ0) is 13.7. The van der Waals surface area contributed by atoms with Gasteiger partial charge in [-0.15, -0.1) is 0 Å². The summed E-state index contributed by atoms with van der Waals surface area (Å²) in [5, 5.41) is 25.6. The van der Waals surface area contributed by atoms with E-state index in [0.717, 1.165) is 0 Å². The number of aryl methyl sites for hydroxylation is 2. The molecule has 18 heavy (non-hydrogen) atoms. The molecular weight excluding hydrogens is 238 g/mol. The van der Waals surface area contributed by atoms with Gasteiger partial charge in [0.2, 0.25) is 0 Å². The van der Waals surface area contributed by atoms with Crippen LogP contribution in [0.1, 0.15) is 22.5 Å². The molecule has 7 nitrogen and oxygen atoms in total. The molecule has 1 heterocycles. The van der Waals surface area contributed by atoms with Crippen molar-refractivity contribution in [1.29, 1.82) is 0 Å². The Balaban J connectivity index is 2.64. The van der Waals surface area contributed by atoms with E-state index in [1.807, 2.05) is 0 Å². The summed E-state index contributed by atoms with van der Waals surface area (Å²) in [5.74, 6) is -0.565. The summed E-state index contributed by atoms with van der Waals surface area (Å²) >= 11 is 0. The van der Waals surface area contributed by atoms with Gasteiger partial charge in [-0.3, -0.25) is 4.68 Å². The van der Waals surface area contributed by atoms with Crippen molar-refractivity contribution in [2.24, 2.45) is 7.05 Å². The molecular formula is C11H19N3O4. The van der Waals surface area contributed by atoms with Gasteiger partial charge in [-0.2, -0.15) is 5.10 Å². The average Bonchev–Trinajstić information content (AvgIpc) is 2.54. The lowest BCUT2D eigenvalue weighted by atomic mass is 10.2. The summed E-state index contributed by atoms with van der Waals surface area (Å²) in [5.41, 5.74) is 0.628. The summed E-state index contributed by atoms with van der Waals surface area (Å²) < 4.78 is 6.29. The highest BCUT2D eigenvalue weighted by Gasteiger charge is 2.19. The van der Waals surface area contributed by atoms with Gasteiger partial charge in [0.1, 0.15) is 11.4 Å². The van der Waals surface area contributed by atoms with Crippen LogP contribution in [0.4, 0.5) is 5.82 Å². The number of ether oxygens (including phenoxy) is 1. The molecule has 0 aromatic carbocycles. The number of aliphatic hydroxyl groups is 1. The van der Waals surface area contributed by atoms with E-state index >= 15 is 0 Å². The molecule has 0 aliphatic carbocycles. The molecule has 0 aliphatic heterocycles. The minimum absolute atomic E-state index is 0.165. The Hall–Kier alpha value is -1.60. The number of methoxy groups -OCH3 is 1. The van der Waals surface area contributed by atoms with Gasteiger partial charge in [0.25, 0.3) is 0 Å². The number of carboxylic acid groups (broad SMARTS) is 1. The van der Waals surface area contributed by atoms with Crippen LogP contribution in [0.15, 0.2) is 0 Å². The van der Waals surface area contributed by atoms with Gasteiger partial charge in [0.15, 0.2) is 0 Å². The van der Waals surface area contributed by atoms with E-state index in [2.05, 4.69) is 10.4 Å². The lowest BCUT2D eigenvalue weighted by Crippen LogP contribution is -2.19. The molecule has 0 fully saturated rings. The summed E-state index contributed by atoms with van der Waals surface area (Å²) in [6.45, 7) is 2.36. The van der Waals surface area contributed by atoms with Gasteiger partial charge in [0, 0.05) is 20.7 Å². The Bertz CT molecular complexity index is 417. The minimum atomic E-state index is -1.01. The van der Waals surface area contributed by atoms with Crippen molar-refractivity contribution in [3.63, 3.8) is 0 Å². The fourth-order valence-electron chi connectivity index (χ4n) is 1.75. The van der Waals surface area contributed by atoms with E-state index in [4.69, 9.17) is 9.84 Å². The Morgan fingerprint density at radius 1 is 1.61 bits per heavy atom.